The summed E-state index contributed by atoms with van der Waals surface area (Å²) in [5.41, 5.74) is 0.843. The third kappa shape index (κ3) is 3.09. The number of nitrogens with zero attached hydrogens (tertiary/aromatic N) is 1. The van der Waals surface area contributed by atoms with E-state index in [1.807, 2.05) is 13.8 Å². The zero-order valence-electron chi connectivity index (χ0n) is 11.4. The summed E-state index contributed by atoms with van der Waals surface area (Å²) in [6.07, 6.45) is 0. The highest BCUT2D eigenvalue weighted by atomic mass is 32.2. The lowest BCUT2D eigenvalue weighted by molar-refractivity contribution is 0.282. The summed E-state index contributed by atoms with van der Waals surface area (Å²) in [5, 5.41) is 11.8. The monoisotopic (exact) mass is 332 g/mol. The van der Waals surface area contributed by atoms with Crippen LogP contribution in [0.25, 0.3) is 0 Å². The number of nitrogens with one attached hydrogen (secondary N) is 1. The number of aliphatic hydroxyl groups is 1. The van der Waals surface area contributed by atoms with Gasteiger partial charge in [-0.3, -0.25) is 0 Å². The molecule has 0 aliphatic carbocycles. The highest BCUT2D eigenvalue weighted by Gasteiger charge is 2.24. The van der Waals surface area contributed by atoms with Crippen molar-refractivity contribution in [1.82, 2.24) is 9.71 Å². The molecule has 0 amide bonds. The lowest BCUT2D eigenvalue weighted by atomic mass is 10.2. The summed E-state index contributed by atoms with van der Waals surface area (Å²) in [4.78, 5) is 5.81. The Balaban J connectivity index is 2.27. The number of hydrogen-bond donors (Lipinski definition) is 2. The first-order chi connectivity index (χ1) is 9.35. The number of aromatic nitrogens is 1. The van der Waals surface area contributed by atoms with E-state index in [4.69, 9.17) is 0 Å². The second-order valence-corrected chi connectivity index (χ2v) is 8.31. The van der Waals surface area contributed by atoms with Crippen LogP contribution in [0.2, 0.25) is 0 Å². The quantitative estimate of drug-likeness (QED) is 0.881. The van der Waals surface area contributed by atoms with Crippen LogP contribution >= 0.6 is 22.7 Å². The van der Waals surface area contributed by atoms with Gasteiger partial charge in [0.1, 0.15) is 0 Å². The standard InChI is InChI=1S/C12H16N2O3S3/c1-7-12(19-9(3)13-7)8(2)14-20(16,17)11-4-5-18-10(11)6-15/h4-5,8,14-15H,6H2,1-3H3. The van der Waals surface area contributed by atoms with Crippen LogP contribution in [0.5, 0.6) is 0 Å². The Morgan fingerprint density at radius 2 is 2.15 bits per heavy atom. The van der Waals surface area contributed by atoms with Gasteiger partial charge in [-0.05, 0) is 32.2 Å². The third-order valence-corrected chi connectivity index (χ3v) is 6.72. The maximum absolute atomic E-state index is 12.3. The number of hydrogen-bond acceptors (Lipinski definition) is 6. The molecule has 0 aromatic carbocycles. The largest absolute Gasteiger partial charge is 0.391 e. The van der Waals surface area contributed by atoms with Gasteiger partial charge in [0.2, 0.25) is 10.0 Å². The van der Waals surface area contributed by atoms with E-state index in [9.17, 15) is 13.5 Å². The van der Waals surface area contributed by atoms with Gasteiger partial charge in [0.25, 0.3) is 0 Å². The molecule has 5 nitrogen and oxygen atoms in total. The molecular formula is C12H16N2O3S3. The van der Waals surface area contributed by atoms with Crippen LogP contribution in [-0.2, 0) is 16.6 Å². The number of thiophene rings is 1. The average molecular weight is 332 g/mol. The van der Waals surface area contributed by atoms with Crippen molar-refractivity contribution in [3.05, 3.63) is 31.9 Å². The van der Waals surface area contributed by atoms with E-state index in [0.717, 1.165) is 15.6 Å². The van der Waals surface area contributed by atoms with Gasteiger partial charge in [-0.1, -0.05) is 0 Å². The minimum Gasteiger partial charge on any atom is -0.391 e. The van der Waals surface area contributed by atoms with Crippen LogP contribution in [0.3, 0.4) is 0 Å². The Morgan fingerprint density at radius 1 is 1.45 bits per heavy atom. The van der Waals surface area contributed by atoms with Gasteiger partial charge in [-0.25, -0.2) is 18.1 Å². The summed E-state index contributed by atoms with van der Waals surface area (Å²) >= 11 is 2.71. The molecule has 2 heterocycles. The second-order valence-electron chi connectivity index (χ2n) is 4.39. The van der Waals surface area contributed by atoms with Crippen LogP contribution in [0.4, 0.5) is 0 Å². The minimum absolute atomic E-state index is 0.149. The van der Waals surface area contributed by atoms with Crippen molar-refractivity contribution in [3.63, 3.8) is 0 Å². The molecule has 2 aromatic rings. The predicted octanol–water partition coefficient (Wildman–Crippen LogP) is 2.35. The Kier molecular flexibility index (Phi) is 4.60. The van der Waals surface area contributed by atoms with Crippen molar-refractivity contribution in [3.8, 4) is 0 Å². The molecule has 0 spiro atoms. The number of thiazole rings is 1. The van der Waals surface area contributed by atoms with E-state index in [1.165, 1.54) is 28.7 Å². The lowest BCUT2D eigenvalue weighted by Crippen LogP contribution is -2.27. The fraction of sp³-hybridized carbons (Fsp3) is 0.417. The van der Waals surface area contributed by atoms with Crippen molar-refractivity contribution >= 4 is 32.7 Å². The molecule has 1 atom stereocenters. The van der Waals surface area contributed by atoms with E-state index in [2.05, 4.69) is 9.71 Å². The molecule has 2 aromatic heterocycles. The minimum atomic E-state index is -3.64. The maximum Gasteiger partial charge on any atom is 0.242 e. The molecule has 20 heavy (non-hydrogen) atoms. The molecule has 1 unspecified atom stereocenters. The van der Waals surface area contributed by atoms with Crippen molar-refractivity contribution < 1.29 is 13.5 Å². The van der Waals surface area contributed by atoms with Crippen molar-refractivity contribution in [2.75, 3.05) is 0 Å². The summed E-state index contributed by atoms with van der Waals surface area (Å²) in [6.45, 7) is 5.28. The molecule has 0 bridgehead atoms. The number of aryl methyl sites for hydroxylation is 2. The highest BCUT2D eigenvalue weighted by molar-refractivity contribution is 7.89. The summed E-state index contributed by atoms with van der Waals surface area (Å²) in [5.74, 6) is 0. The second kappa shape index (κ2) is 5.90. The van der Waals surface area contributed by atoms with Crippen molar-refractivity contribution in [2.45, 2.75) is 38.3 Å². The van der Waals surface area contributed by atoms with Crippen LogP contribution in [0.15, 0.2) is 16.3 Å². The molecule has 0 aliphatic heterocycles. The molecule has 110 valence electrons. The van der Waals surface area contributed by atoms with E-state index >= 15 is 0 Å². The van der Waals surface area contributed by atoms with Gasteiger partial charge >= 0.3 is 0 Å². The van der Waals surface area contributed by atoms with E-state index in [-0.39, 0.29) is 17.5 Å². The van der Waals surface area contributed by atoms with Gasteiger partial charge in [0, 0.05) is 9.75 Å². The first-order valence-corrected chi connectivity index (χ1v) is 9.16. The zero-order valence-corrected chi connectivity index (χ0v) is 13.8. The van der Waals surface area contributed by atoms with Crippen LogP contribution < -0.4 is 4.72 Å². The molecule has 2 rings (SSSR count). The van der Waals surface area contributed by atoms with Crippen molar-refractivity contribution in [1.29, 1.82) is 0 Å². The fourth-order valence-corrected chi connectivity index (χ4v) is 5.50. The fourth-order valence-electron chi connectivity index (χ4n) is 1.98. The molecule has 0 saturated heterocycles. The Labute approximate surface area is 126 Å². The average Bonchev–Trinajstić information content (AvgIpc) is 2.94. The third-order valence-electron chi connectivity index (χ3n) is 2.80. The molecule has 8 heteroatoms. The zero-order chi connectivity index (χ0) is 14.9. The van der Waals surface area contributed by atoms with Gasteiger partial charge in [-0.15, -0.1) is 22.7 Å². The van der Waals surface area contributed by atoms with E-state index in [0.29, 0.717) is 4.88 Å². The highest BCUT2D eigenvalue weighted by Crippen LogP contribution is 2.28. The number of aliphatic hydroxyl groups excluding tert-OH is 1. The first-order valence-electron chi connectivity index (χ1n) is 5.98. The first kappa shape index (κ1) is 15.6. The SMILES string of the molecule is Cc1nc(C)c(C(C)NS(=O)(=O)c2ccsc2CO)s1. The smallest absolute Gasteiger partial charge is 0.242 e. The van der Waals surface area contributed by atoms with Crippen molar-refractivity contribution in [2.24, 2.45) is 0 Å². The van der Waals surface area contributed by atoms with Crippen LogP contribution in [0, 0.1) is 13.8 Å². The van der Waals surface area contributed by atoms with Crippen LogP contribution in [0.1, 0.15) is 33.4 Å². The summed E-state index contributed by atoms with van der Waals surface area (Å²) in [6, 6.07) is 1.16. The topological polar surface area (TPSA) is 79.3 Å². The Bertz CT molecular complexity index is 703. The van der Waals surface area contributed by atoms with Gasteiger partial charge in [0.15, 0.2) is 0 Å². The molecular weight excluding hydrogens is 316 g/mol. The predicted molar refractivity (Wildman–Crippen MR) is 80.6 cm³/mol. The molecule has 0 radical (unpaired) electrons. The maximum atomic E-state index is 12.3. The van der Waals surface area contributed by atoms with Gasteiger partial charge in [0.05, 0.1) is 28.2 Å². The molecule has 0 aliphatic rings. The van der Waals surface area contributed by atoms with Crippen LogP contribution in [-0.4, -0.2) is 18.5 Å². The van der Waals surface area contributed by atoms with E-state index in [1.54, 1.807) is 12.3 Å². The number of rotatable bonds is 5. The summed E-state index contributed by atoms with van der Waals surface area (Å²) in [7, 11) is -3.64. The molecule has 0 fully saturated rings. The van der Waals surface area contributed by atoms with Gasteiger partial charge in [-0.2, -0.15) is 0 Å². The lowest BCUT2D eigenvalue weighted by Gasteiger charge is -2.13. The molecule has 0 saturated carbocycles. The molecule has 2 N–H and O–H groups in total. The summed E-state index contributed by atoms with van der Waals surface area (Å²) < 4.78 is 27.3. The van der Waals surface area contributed by atoms with E-state index < -0.39 is 10.0 Å². The Morgan fingerprint density at radius 3 is 2.70 bits per heavy atom. The number of sulfonamides is 1. The van der Waals surface area contributed by atoms with Gasteiger partial charge < -0.3 is 5.11 Å². The Hall–Kier alpha value is -0.800. The normalized spacial score (nSPS) is 13.6.